The fraction of sp³-hybridized carbons (Fsp3) is 0.421. The van der Waals surface area contributed by atoms with Crippen LogP contribution in [0.1, 0.15) is 40.3 Å². The third-order valence-corrected chi connectivity index (χ3v) is 7.04. The first-order valence-corrected chi connectivity index (χ1v) is 13.3. The maximum absolute atomic E-state index is 12.8. The maximum atomic E-state index is 12.8. The Bertz CT molecular complexity index is 1500. The number of H-pyrrole nitrogens is 1. The Kier molecular flexibility index (Phi) is 6.32. The van der Waals surface area contributed by atoms with Gasteiger partial charge in [0.15, 0.2) is 9.76 Å². The summed E-state index contributed by atoms with van der Waals surface area (Å²) in [7, 11) is -4.87. The minimum Gasteiger partial charge on any atom is -0.413 e. The highest BCUT2D eigenvalue weighted by atomic mass is 32.2. The van der Waals surface area contributed by atoms with Gasteiger partial charge in [-0.15, -0.1) is 0 Å². The van der Waals surface area contributed by atoms with E-state index in [-0.39, 0.29) is 27.3 Å². The summed E-state index contributed by atoms with van der Waals surface area (Å²) in [6, 6.07) is 2.25. The summed E-state index contributed by atoms with van der Waals surface area (Å²) in [4.78, 5) is 44.6. The van der Waals surface area contributed by atoms with E-state index in [0.29, 0.717) is 10.4 Å². The topological polar surface area (TPSA) is 171 Å². The van der Waals surface area contributed by atoms with Crippen LogP contribution in [0.15, 0.2) is 34.2 Å². The van der Waals surface area contributed by atoms with Crippen LogP contribution in [0.4, 0.5) is 5.69 Å². The molecule has 3 rings (SSSR count). The average Bonchev–Trinajstić information content (AvgIpc) is 3.19. The molecule has 0 saturated carbocycles. The first kappa shape index (κ1) is 25.3. The first-order valence-electron chi connectivity index (χ1n) is 10.1. The number of nitro benzene ring substituents is 1. The highest BCUT2D eigenvalue weighted by Crippen LogP contribution is 2.31. The van der Waals surface area contributed by atoms with Gasteiger partial charge in [0.2, 0.25) is 10.0 Å². The molecule has 34 heavy (non-hydrogen) atoms. The minimum atomic E-state index is -3.94. The molecule has 3 aromatic rings. The Morgan fingerprint density at radius 3 is 2.41 bits per heavy atom. The van der Waals surface area contributed by atoms with E-state index >= 15 is 0 Å². The lowest BCUT2D eigenvalue weighted by molar-refractivity contribution is -0.384. The minimum absolute atomic E-state index is 0.00942. The van der Waals surface area contributed by atoms with Gasteiger partial charge in [-0.25, -0.2) is 23.0 Å². The quantitative estimate of drug-likeness (QED) is 0.267. The Balaban J connectivity index is 2.17. The SMILES string of the molecule is CC(C)(C)[SiH2]OC(C)(C)c1cn(-c2cc3c(=O)n(NS(C)(=O)=O)c(=O)[nH]c3cc2[N+](=O)[O-])cn1. The summed E-state index contributed by atoms with van der Waals surface area (Å²) >= 11 is 0. The number of benzene rings is 1. The molecule has 13 nitrogen and oxygen atoms in total. The smallest absolute Gasteiger partial charge is 0.348 e. The van der Waals surface area contributed by atoms with E-state index in [0.717, 1.165) is 12.3 Å². The molecule has 0 aliphatic heterocycles. The van der Waals surface area contributed by atoms with Crippen LogP contribution < -0.4 is 16.1 Å². The normalized spacial score (nSPS) is 13.1. The summed E-state index contributed by atoms with van der Waals surface area (Å²) in [5.41, 5.74) is -2.77. The molecule has 2 N–H and O–H groups in total. The molecule has 0 unspecified atom stereocenters. The van der Waals surface area contributed by atoms with Gasteiger partial charge in [-0.3, -0.25) is 19.5 Å². The molecule has 2 aromatic heterocycles. The highest BCUT2D eigenvalue weighted by Gasteiger charge is 2.28. The van der Waals surface area contributed by atoms with Crippen LogP contribution in [0, 0.1) is 10.1 Å². The lowest BCUT2D eigenvalue weighted by Gasteiger charge is -2.28. The Hall–Kier alpha value is -3.30. The van der Waals surface area contributed by atoms with Crippen molar-refractivity contribution >= 4 is 36.4 Å². The third-order valence-electron chi connectivity index (χ3n) is 4.79. The molecule has 0 radical (unpaired) electrons. The predicted molar refractivity (Wildman–Crippen MR) is 129 cm³/mol. The molecule has 0 saturated heterocycles. The molecular formula is C19H26N6O7SSi. The van der Waals surface area contributed by atoms with Crippen molar-refractivity contribution in [2.24, 2.45) is 0 Å². The van der Waals surface area contributed by atoms with E-state index in [9.17, 15) is 28.1 Å². The fourth-order valence-corrected chi connectivity index (χ4v) is 4.52. The van der Waals surface area contributed by atoms with Crippen LogP contribution in [0.3, 0.4) is 0 Å². The Morgan fingerprint density at radius 1 is 1.21 bits per heavy atom. The van der Waals surface area contributed by atoms with Crippen molar-refractivity contribution in [3.8, 4) is 5.69 Å². The number of nitro groups is 1. The van der Waals surface area contributed by atoms with E-state index in [1.54, 1.807) is 6.20 Å². The molecular weight excluding hydrogens is 484 g/mol. The van der Waals surface area contributed by atoms with E-state index in [1.165, 1.54) is 17.0 Å². The standard InChI is InChI=1S/C19H26N6O7SSi/c1-18(2,3)34-32-19(4,5)15-9-23(10-20-15)13-7-11-12(8-14(13)25(28)29)21-17(27)24(16(11)26)22-33(6,30)31/h7-10,22H,34H2,1-6H3,(H,21,27). The summed E-state index contributed by atoms with van der Waals surface area (Å²) in [5, 5.41) is 11.7. The van der Waals surface area contributed by atoms with Gasteiger partial charge >= 0.3 is 5.69 Å². The lowest BCUT2D eigenvalue weighted by atomic mass is 10.1. The molecule has 0 bridgehead atoms. The van der Waals surface area contributed by atoms with E-state index < -0.39 is 41.6 Å². The molecule has 15 heteroatoms. The van der Waals surface area contributed by atoms with Crippen molar-refractivity contribution in [2.45, 2.75) is 45.3 Å². The number of aromatic amines is 1. The predicted octanol–water partition coefficient (Wildman–Crippen LogP) is 0.841. The molecule has 0 fully saturated rings. The number of aromatic nitrogens is 4. The molecule has 1 aromatic carbocycles. The van der Waals surface area contributed by atoms with Gasteiger partial charge in [-0.2, -0.15) is 4.68 Å². The van der Waals surface area contributed by atoms with Gasteiger partial charge in [-0.05, 0) is 25.0 Å². The molecule has 0 atom stereocenters. The second-order valence-electron chi connectivity index (χ2n) is 9.60. The van der Waals surface area contributed by atoms with Crippen LogP contribution in [-0.2, 0) is 20.1 Å². The van der Waals surface area contributed by atoms with E-state index in [2.05, 4.69) is 30.7 Å². The van der Waals surface area contributed by atoms with Crippen LogP contribution in [0.2, 0.25) is 5.04 Å². The van der Waals surface area contributed by atoms with Crippen LogP contribution in [0.25, 0.3) is 16.6 Å². The van der Waals surface area contributed by atoms with Gasteiger partial charge < -0.3 is 9.41 Å². The Labute approximate surface area is 196 Å². The van der Waals surface area contributed by atoms with Crippen molar-refractivity contribution in [3.05, 3.63) is 61.3 Å². The second-order valence-corrected chi connectivity index (χ2v) is 14.0. The average molecular weight is 511 g/mol. The molecule has 0 aliphatic carbocycles. The maximum Gasteiger partial charge on any atom is 0.348 e. The summed E-state index contributed by atoms with van der Waals surface area (Å²) < 4.78 is 30.9. The molecule has 0 spiro atoms. The zero-order valence-corrected chi connectivity index (χ0v) is 21.8. The van der Waals surface area contributed by atoms with Gasteiger partial charge in [0.25, 0.3) is 11.2 Å². The number of rotatable bonds is 7. The van der Waals surface area contributed by atoms with Gasteiger partial charge in [0.1, 0.15) is 5.69 Å². The van der Waals surface area contributed by atoms with Crippen molar-refractivity contribution in [3.63, 3.8) is 0 Å². The fourth-order valence-electron chi connectivity index (χ4n) is 3.08. The van der Waals surface area contributed by atoms with Crippen molar-refractivity contribution < 1.29 is 17.8 Å². The monoisotopic (exact) mass is 510 g/mol. The van der Waals surface area contributed by atoms with Gasteiger partial charge in [-0.1, -0.05) is 20.8 Å². The third kappa shape index (κ3) is 5.43. The van der Waals surface area contributed by atoms with Gasteiger partial charge in [0, 0.05) is 12.3 Å². The van der Waals surface area contributed by atoms with Crippen molar-refractivity contribution in [1.29, 1.82) is 0 Å². The van der Waals surface area contributed by atoms with Crippen LogP contribution >= 0.6 is 0 Å². The number of hydrogen-bond donors (Lipinski definition) is 2. The number of imidazole rings is 1. The summed E-state index contributed by atoms with van der Waals surface area (Å²) in [6.45, 7) is 9.97. The second kappa shape index (κ2) is 8.48. The number of nitrogens with zero attached hydrogens (tertiary/aromatic N) is 4. The lowest BCUT2D eigenvalue weighted by Crippen LogP contribution is -2.43. The van der Waals surface area contributed by atoms with Crippen molar-refractivity contribution in [1.82, 2.24) is 19.2 Å². The Morgan fingerprint density at radius 2 is 1.85 bits per heavy atom. The molecule has 184 valence electrons. The zero-order chi connectivity index (χ0) is 25.6. The largest absolute Gasteiger partial charge is 0.413 e. The number of hydrogen-bond acceptors (Lipinski definition) is 8. The molecule has 0 aliphatic rings. The number of nitrogens with one attached hydrogen (secondary N) is 2. The molecule has 0 amide bonds. The first-order chi connectivity index (χ1) is 15.5. The zero-order valence-electron chi connectivity index (χ0n) is 19.6. The number of fused-ring (bicyclic) bond motifs is 1. The molecule has 2 heterocycles. The van der Waals surface area contributed by atoms with Crippen LogP contribution in [0.5, 0.6) is 0 Å². The van der Waals surface area contributed by atoms with Gasteiger partial charge in [0.05, 0.1) is 39.7 Å². The van der Waals surface area contributed by atoms with E-state index in [4.69, 9.17) is 4.43 Å². The van der Waals surface area contributed by atoms with E-state index in [1.807, 2.05) is 18.7 Å². The summed E-state index contributed by atoms with van der Waals surface area (Å²) in [5.74, 6) is 0. The van der Waals surface area contributed by atoms with Crippen molar-refractivity contribution in [2.75, 3.05) is 11.1 Å². The van der Waals surface area contributed by atoms with Crippen LogP contribution in [-0.4, -0.2) is 48.6 Å². The highest BCUT2D eigenvalue weighted by molar-refractivity contribution is 7.91. The number of sulfonamides is 1. The summed E-state index contributed by atoms with van der Waals surface area (Å²) in [6.07, 6.45) is 3.72.